The molecule has 1 aliphatic carbocycles. The minimum atomic E-state index is -4.47. The van der Waals surface area contributed by atoms with Crippen molar-refractivity contribution in [2.45, 2.75) is 37.2 Å². The molecular formula is C12H22BN2O4P. The van der Waals surface area contributed by atoms with Crippen LogP contribution in [-0.4, -0.2) is 55.3 Å². The molecule has 0 amide bonds. The van der Waals surface area contributed by atoms with Gasteiger partial charge in [0.25, 0.3) is 0 Å². The van der Waals surface area contributed by atoms with Crippen LogP contribution in [0.1, 0.15) is 19.3 Å². The Morgan fingerprint density at radius 2 is 2.20 bits per heavy atom. The number of phosphoric ester groups is 1. The first-order chi connectivity index (χ1) is 9.28. The van der Waals surface area contributed by atoms with Gasteiger partial charge in [0.05, 0.1) is 14.0 Å². The zero-order chi connectivity index (χ0) is 14.9. The Morgan fingerprint density at radius 1 is 1.50 bits per heavy atom. The molecule has 0 aromatic carbocycles. The Labute approximate surface area is 121 Å². The fourth-order valence-electron chi connectivity index (χ4n) is 3.10. The summed E-state index contributed by atoms with van der Waals surface area (Å²) in [5.74, 6) is -0.0592. The maximum absolute atomic E-state index is 11.1. The van der Waals surface area contributed by atoms with Crippen LogP contribution in [0.4, 0.5) is 0 Å². The molecule has 4 unspecified atom stereocenters. The molecule has 2 rings (SSSR count). The van der Waals surface area contributed by atoms with Crippen molar-refractivity contribution < 1.29 is 18.9 Å². The monoisotopic (exact) mass is 300 g/mol. The van der Waals surface area contributed by atoms with Gasteiger partial charge in [-0.1, -0.05) is 12.2 Å². The first-order valence-electron chi connectivity index (χ1n) is 6.87. The molecule has 112 valence electrons. The summed E-state index contributed by atoms with van der Waals surface area (Å²) in [6, 6.07) is 0.0115. The second-order valence-electron chi connectivity index (χ2n) is 5.87. The normalized spacial score (nSPS) is 33.8. The summed E-state index contributed by atoms with van der Waals surface area (Å²) in [6.45, 7) is 0.884. The molecular weight excluding hydrogens is 278 g/mol. The summed E-state index contributed by atoms with van der Waals surface area (Å²) in [5.41, 5.74) is 1.14. The Kier molecular flexibility index (Phi) is 4.98. The molecule has 0 bridgehead atoms. The van der Waals surface area contributed by atoms with Gasteiger partial charge >= 0.3 is 7.82 Å². The lowest BCUT2D eigenvalue weighted by molar-refractivity contribution is 0.0633. The zero-order valence-electron chi connectivity index (χ0n) is 11.9. The standard InChI is InChI=1S/C12H22BN2O4P/c1-15(2)6-5-8-7-14-12-9(13)3-4-10(11(8)12)19-20(16,17)18/h7,9-12,14H,3-6H2,1-2H3,(H2,16,17,18). The number of nitrogens with one attached hydrogen (secondary N) is 1. The Balaban J connectivity index is 2.10. The summed E-state index contributed by atoms with van der Waals surface area (Å²) in [4.78, 5) is 20.2. The molecule has 0 aromatic rings. The fraction of sp³-hybridized carbons (Fsp3) is 0.833. The number of hydrogen-bond donors (Lipinski definition) is 3. The molecule has 6 nitrogen and oxygen atoms in total. The highest BCUT2D eigenvalue weighted by atomic mass is 31.2. The van der Waals surface area contributed by atoms with Crippen LogP contribution in [0.15, 0.2) is 11.8 Å². The van der Waals surface area contributed by atoms with Crippen LogP contribution < -0.4 is 5.32 Å². The second-order valence-corrected chi connectivity index (χ2v) is 7.06. The summed E-state index contributed by atoms with van der Waals surface area (Å²) < 4.78 is 16.1. The molecule has 2 radical (unpaired) electrons. The van der Waals surface area contributed by atoms with E-state index in [2.05, 4.69) is 10.2 Å². The lowest BCUT2D eigenvalue weighted by Gasteiger charge is -2.39. The molecule has 1 saturated carbocycles. The summed E-state index contributed by atoms with van der Waals surface area (Å²) in [7, 11) is 5.63. The van der Waals surface area contributed by atoms with Gasteiger partial charge in [-0.05, 0) is 38.7 Å². The van der Waals surface area contributed by atoms with Crippen molar-refractivity contribution in [3.63, 3.8) is 0 Å². The minimum absolute atomic E-state index is 0.00951. The highest BCUT2D eigenvalue weighted by Crippen LogP contribution is 2.48. The highest BCUT2D eigenvalue weighted by Gasteiger charge is 2.44. The van der Waals surface area contributed by atoms with E-state index in [4.69, 9.17) is 22.2 Å². The smallest absolute Gasteiger partial charge is 0.388 e. The van der Waals surface area contributed by atoms with Gasteiger partial charge in [0.2, 0.25) is 0 Å². The van der Waals surface area contributed by atoms with Gasteiger partial charge in [-0.3, -0.25) is 4.52 Å². The van der Waals surface area contributed by atoms with Crippen molar-refractivity contribution in [3.8, 4) is 0 Å². The Bertz CT molecular complexity index is 426. The minimum Gasteiger partial charge on any atom is -0.388 e. The number of rotatable bonds is 5. The molecule has 0 saturated heterocycles. The predicted octanol–water partition coefficient (Wildman–Crippen LogP) is 0.639. The van der Waals surface area contributed by atoms with Crippen molar-refractivity contribution >= 4 is 15.7 Å². The van der Waals surface area contributed by atoms with E-state index in [-0.39, 0.29) is 17.8 Å². The van der Waals surface area contributed by atoms with Crippen LogP contribution >= 0.6 is 7.82 Å². The zero-order valence-corrected chi connectivity index (χ0v) is 12.8. The lowest BCUT2D eigenvalue weighted by atomic mass is 9.65. The van der Waals surface area contributed by atoms with Crippen molar-refractivity contribution in [1.82, 2.24) is 10.2 Å². The summed E-state index contributed by atoms with van der Waals surface area (Å²) in [5, 5.41) is 3.26. The van der Waals surface area contributed by atoms with Gasteiger partial charge in [-0.25, -0.2) is 4.57 Å². The maximum atomic E-state index is 11.1. The van der Waals surface area contributed by atoms with E-state index in [9.17, 15) is 4.57 Å². The Hall–Kier alpha value is -0.325. The third-order valence-electron chi connectivity index (χ3n) is 4.04. The highest BCUT2D eigenvalue weighted by molar-refractivity contribution is 7.46. The molecule has 4 atom stereocenters. The first kappa shape index (κ1) is 16.1. The van der Waals surface area contributed by atoms with Gasteiger partial charge in [0, 0.05) is 18.5 Å². The molecule has 2 aliphatic rings. The van der Waals surface area contributed by atoms with E-state index in [1.807, 2.05) is 20.3 Å². The average Bonchev–Trinajstić information content (AvgIpc) is 2.73. The molecule has 1 heterocycles. The number of hydrogen-bond acceptors (Lipinski definition) is 4. The van der Waals surface area contributed by atoms with Crippen molar-refractivity contribution in [2.75, 3.05) is 20.6 Å². The molecule has 0 aromatic heterocycles. The summed E-state index contributed by atoms with van der Waals surface area (Å²) >= 11 is 0. The van der Waals surface area contributed by atoms with Gasteiger partial charge in [-0.15, -0.1) is 0 Å². The van der Waals surface area contributed by atoms with E-state index < -0.39 is 13.9 Å². The Morgan fingerprint density at radius 3 is 2.80 bits per heavy atom. The van der Waals surface area contributed by atoms with E-state index in [1.54, 1.807) is 0 Å². The number of phosphoric acid groups is 1. The quantitative estimate of drug-likeness (QED) is 0.510. The van der Waals surface area contributed by atoms with Crippen LogP contribution in [-0.2, 0) is 9.09 Å². The average molecular weight is 300 g/mol. The van der Waals surface area contributed by atoms with Crippen LogP contribution in [0.2, 0.25) is 5.82 Å². The number of nitrogens with zero attached hydrogens (tertiary/aromatic N) is 1. The van der Waals surface area contributed by atoms with E-state index >= 15 is 0 Å². The molecule has 1 fully saturated rings. The van der Waals surface area contributed by atoms with Crippen molar-refractivity contribution in [1.29, 1.82) is 0 Å². The van der Waals surface area contributed by atoms with Crippen LogP contribution in [0, 0.1) is 5.92 Å². The lowest BCUT2D eigenvalue weighted by Crippen LogP contribution is -2.44. The molecule has 8 heteroatoms. The third kappa shape index (κ3) is 3.86. The van der Waals surface area contributed by atoms with E-state index in [0.717, 1.165) is 18.5 Å². The number of fused-ring (bicyclic) bond motifs is 1. The molecule has 1 aliphatic heterocycles. The topological polar surface area (TPSA) is 82.0 Å². The fourth-order valence-corrected chi connectivity index (χ4v) is 3.69. The van der Waals surface area contributed by atoms with Crippen molar-refractivity contribution in [2.24, 2.45) is 5.92 Å². The largest absolute Gasteiger partial charge is 0.469 e. The summed E-state index contributed by atoms with van der Waals surface area (Å²) in [6.07, 6.45) is 3.60. The van der Waals surface area contributed by atoms with Gasteiger partial charge < -0.3 is 20.0 Å². The molecule has 20 heavy (non-hydrogen) atoms. The molecule has 3 N–H and O–H groups in total. The molecule has 0 spiro atoms. The third-order valence-corrected chi connectivity index (χ3v) is 4.59. The van der Waals surface area contributed by atoms with E-state index in [1.165, 1.54) is 0 Å². The van der Waals surface area contributed by atoms with E-state index in [0.29, 0.717) is 12.8 Å². The van der Waals surface area contributed by atoms with Crippen molar-refractivity contribution in [3.05, 3.63) is 11.8 Å². The maximum Gasteiger partial charge on any atom is 0.469 e. The van der Waals surface area contributed by atoms with Gasteiger partial charge in [-0.2, -0.15) is 0 Å². The SMILES string of the molecule is [B]C1CCC(OP(=O)(O)O)C2C(CCN(C)C)=CNC12. The first-order valence-corrected chi connectivity index (χ1v) is 8.40. The predicted molar refractivity (Wildman–Crippen MR) is 77.3 cm³/mol. The van der Waals surface area contributed by atoms with Crippen LogP contribution in [0.5, 0.6) is 0 Å². The van der Waals surface area contributed by atoms with Crippen LogP contribution in [0.25, 0.3) is 0 Å². The van der Waals surface area contributed by atoms with Gasteiger partial charge in [0.1, 0.15) is 0 Å². The van der Waals surface area contributed by atoms with Crippen LogP contribution in [0.3, 0.4) is 0 Å². The van der Waals surface area contributed by atoms with Gasteiger partial charge in [0.15, 0.2) is 0 Å². The second kappa shape index (κ2) is 6.20.